The quantitative estimate of drug-likeness (QED) is 0.255. The summed E-state index contributed by atoms with van der Waals surface area (Å²) in [7, 11) is 1.41. The summed E-state index contributed by atoms with van der Waals surface area (Å²) in [5.41, 5.74) is -1.00. The molecule has 1 aromatic heterocycles. The molecule has 0 unspecified atom stereocenters. The second kappa shape index (κ2) is 7.54. The number of ether oxygens (including phenoxy) is 1. The maximum absolute atomic E-state index is 12.5. The number of hydrogen-bond donors (Lipinski definition) is 2. The lowest BCUT2D eigenvalue weighted by Gasteiger charge is -2.49. The Kier molecular flexibility index (Phi) is 5.28. The van der Waals surface area contributed by atoms with Crippen molar-refractivity contribution in [2.45, 2.75) is 18.3 Å². The van der Waals surface area contributed by atoms with Crippen LogP contribution in [-0.4, -0.2) is 72.2 Å². The monoisotopic (exact) mass is 425 g/mol. The predicted octanol–water partition coefficient (Wildman–Crippen LogP) is -0.756. The fourth-order valence-electron chi connectivity index (χ4n) is 2.96. The van der Waals surface area contributed by atoms with Crippen LogP contribution in [0.1, 0.15) is 17.4 Å². The van der Waals surface area contributed by atoms with E-state index in [-0.39, 0.29) is 23.6 Å². The van der Waals surface area contributed by atoms with Gasteiger partial charge < -0.3 is 15.2 Å². The number of aryl methyl sites for hydroxylation is 1. The predicted molar refractivity (Wildman–Crippen MR) is 95.5 cm³/mol. The van der Waals surface area contributed by atoms with Crippen molar-refractivity contribution in [3.05, 3.63) is 33.3 Å². The summed E-state index contributed by atoms with van der Waals surface area (Å²) < 4.78 is 5.94. The summed E-state index contributed by atoms with van der Waals surface area (Å²) >= 11 is 1.18. The third-order valence-electron chi connectivity index (χ3n) is 4.21. The molecule has 1 saturated heterocycles. The number of carbonyl (C=O) groups excluding carboxylic acids is 3. The third kappa shape index (κ3) is 3.65. The molecular weight excluding hydrogens is 410 g/mol. The fraction of sp³-hybridized carbons (Fsp3) is 0.400. The highest BCUT2D eigenvalue weighted by Crippen LogP contribution is 2.40. The van der Waals surface area contributed by atoms with Crippen LogP contribution in [-0.2, 0) is 26.2 Å². The highest BCUT2D eigenvalue weighted by Gasteiger charge is 2.54. The molecular formula is C15H15N5O8S. The number of rotatable bonds is 6. The van der Waals surface area contributed by atoms with Crippen LogP contribution in [0.5, 0.6) is 0 Å². The number of nitrogens with one attached hydrogen (secondary N) is 1. The number of aliphatic carboxylic acids is 1. The van der Waals surface area contributed by atoms with Crippen LogP contribution in [0.15, 0.2) is 17.5 Å². The molecule has 154 valence electrons. The van der Waals surface area contributed by atoms with Crippen molar-refractivity contribution in [3.8, 4) is 0 Å². The van der Waals surface area contributed by atoms with Crippen molar-refractivity contribution in [1.82, 2.24) is 20.0 Å². The number of β-lactam (4-membered cyclic amide) rings is 1. The first-order chi connectivity index (χ1) is 13.6. The van der Waals surface area contributed by atoms with E-state index in [1.165, 1.54) is 25.7 Å². The molecule has 2 aliphatic rings. The number of nitro groups is 1. The number of carbonyl (C=O) groups is 4. The van der Waals surface area contributed by atoms with E-state index in [2.05, 4.69) is 10.4 Å². The number of aromatic nitrogens is 2. The fourth-order valence-corrected chi connectivity index (χ4v) is 4.29. The largest absolute Gasteiger partial charge is 0.477 e. The lowest BCUT2D eigenvalue weighted by Crippen LogP contribution is -2.70. The van der Waals surface area contributed by atoms with Crippen LogP contribution in [0, 0.1) is 10.1 Å². The number of carboxylic acid groups (broad SMARTS) is 1. The molecule has 0 spiro atoms. The Morgan fingerprint density at radius 1 is 1.48 bits per heavy atom. The lowest BCUT2D eigenvalue weighted by molar-refractivity contribution is -0.385. The van der Waals surface area contributed by atoms with E-state index in [4.69, 9.17) is 4.74 Å². The van der Waals surface area contributed by atoms with E-state index >= 15 is 0 Å². The first-order valence-electron chi connectivity index (χ1n) is 8.14. The van der Waals surface area contributed by atoms with Gasteiger partial charge in [-0.05, 0) is 0 Å². The average Bonchev–Trinajstić information content (AvgIpc) is 3.05. The van der Waals surface area contributed by atoms with Gasteiger partial charge in [0.2, 0.25) is 5.69 Å². The van der Waals surface area contributed by atoms with E-state index in [0.29, 0.717) is 0 Å². The second-order valence-electron chi connectivity index (χ2n) is 6.19. The molecule has 0 aromatic carbocycles. The minimum Gasteiger partial charge on any atom is -0.477 e. The molecule has 13 nitrogen and oxygen atoms in total. The summed E-state index contributed by atoms with van der Waals surface area (Å²) in [6, 6.07) is -1.07. The highest BCUT2D eigenvalue weighted by molar-refractivity contribution is 8.00. The van der Waals surface area contributed by atoms with Gasteiger partial charge in [0.25, 0.3) is 11.8 Å². The maximum atomic E-state index is 12.5. The van der Waals surface area contributed by atoms with Crippen molar-refractivity contribution in [2.24, 2.45) is 7.05 Å². The summed E-state index contributed by atoms with van der Waals surface area (Å²) in [6.07, 6.45) is 1.06. The molecule has 2 aliphatic heterocycles. The van der Waals surface area contributed by atoms with Crippen LogP contribution in [0.4, 0.5) is 5.69 Å². The van der Waals surface area contributed by atoms with Crippen LogP contribution >= 0.6 is 11.8 Å². The van der Waals surface area contributed by atoms with E-state index in [1.54, 1.807) is 0 Å². The van der Waals surface area contributed by atoms with Crippen LogP contribution in [0.3, 0.4) is 0 Å². The van der Waals surface area contributed by atoms with Gasteiger partial charge in [-0.3, -0.25) is 34.1 Å². The smallest absolute Gasteiger partial charge is 0.352 e. The number of hydrogen-bond acceptors (Lipinski definition) is 9. The second-order valence-corrected chi connectivity index (χ2v) is 7.30. The number of thioether (sulfide) groups is 1. The summed E-state index contributed by atoms with van der Waals surface area (Å²) in [4.78, 5) is 58.8. The molecule has 14 heteroatoms. The molecule has 0 saturated carbocycles. The van der Waals surface area contributed by atoms with Crippen molar-refractivity contribution >= 4 is 41.2 Å². The summed E-state index contributed by atoms with van der Waals surface area (Å²) in [6.45, 7) is 0.911. The van der Waals surface area contributed by atoms with E-state index in [1.807, 2.05) is 0 Å². The Balaban J connectivity index is 1.79. The minimum atomic E-state index is -1.36. The van der Waals surface area contributed by atoms with Gasteiger partial charge in [0.15, 0.2) is 0 Å². The standard InChI is InChI=1S/C15H15N5O8S/c1-6(21)28-4-7-5-29-14-10(13(23)19(14)11(7)15(24)25)16-12(22)9-8(20(26)27)3-18(2)17-9/h3,10,14H,4-5H2,1-2H3,(H,16,22)(H,24,25)/t10-,14-/m0/s1. The van der Waals surface area contributed by atoms with Crippen LogP contribution in [0.25, 0.3) is 0 Å². The van der Waals surface area contributed by atoms with Gasteiger partial charge in [0, 0.05) is 25.3 Å². The highest BCUT2D eigenvalue weighted by atomic mass is 32.2. The zero-order valence-corrected chi connectivity index (χ0v) is 16.0. The number of esters is 1. The molecule has 0 radical (unpaired) electrons. The van der Waals surface area contributed by atoms with Crippen molar-refractivity contribution in [3.63, 3.8) is 0 Å². The molecule has 3 heterocycles. The molecule has 2 amide bonds. The average molecular weight is 425 g/mol. The Bertz CT molecular complexity index is 970. The van der Waals surface area contributed by atoms with Crippen molar-refractivity contribution in [2.75, 3.05) is 12.4 Å². The molecule has 2 N–H and O–H groups in total. The SMILES string of the molecule is CC(=O)OCC1=C(C(=O)O)N2C(=O)[C@H](NC(=O)c3nn(C)cc3[N+](=O)[O-])[C@@H]2SC1. The van der Waals surface area contributed by atoms with E-state index < -0.39 is 51.5 Å². The van der Waals surface area contributed by atoms with Crippen LogP contribution in [0.2, 0.25) is 0 Å². The Hall–Kier alpha value is -3.42. The van der Waals surface area contributed by atoms with Crippen molar-refractivity contribution in [1.29, 1.82) is 0 Å². The molecule has 1 fully saturated rings. The van der Waals surface area contributed by atoms with E-state index in [0.717, 1.165) is 15.8 Å². The first-order valence-corrected chi connectivity index (χ1v) is 9.19. The molecule has 0 aliphatic carbocycles. The first kappa shape index (κ1) is 20.3. The minimum absolute atomic E-state index is 0.166. The van der Waals surface area contributed by atoms with Gasteiger partial charge in [-0.1, -0.05) is 0 Å². The summed E-state index contributed by atoms with van der Waals surface area (Å²) in [5, 5.41) is 26.0. The van der Waals surface area contributed by atoms with Gasteiger partial charge in [-0.15, -0.1) is 11.8 Å². The Morgan fingerprint density at radius 2 is 2.17 bits per heavy atom. The van der Waals surface area contributed by atoms with Gasteiger partial charge in [0.1, 0.15) is 29.9 Å². The normalized spacial score (nSPS) is 20.6. The van der Waals surface area contributed by atoms with Gasteiger partial charge in [-0.2, -0.15) is 5.10 Å². The number of amides is 2. The molecule has 2 atom stereocenters. The maximum Gasteiger partial charge on any atom is 0.352 e. The molecule has 3 rings (SSSR count). The molecule has 1 aromatic rings. The van der Waals surface area contributed by atoms with Crippen molar-refractivity contribution < 1.29 is 33.9 Å². The van der Waals surface area contributed by atoms with E-state index in [9.17, 15) is 34.4 Å². The number of nitrogens with zero attached hydrogens (tertiary/aromatic N) is 4. The Morgan fingerprint density at radius 3 is 2.76 bits per heavy atom. The van der Waals surface area contributed by atoms with Gasteiger partial charge >= 0.3 is 17.6 Å². The zero-order chi connectivity index (χ0) is 21.5. The van der Waals surface area contributed by atoms with Gasteiger partial charge in [-0.25, -0.2) is 4.79 Å². The topological polar surface area (TPSA) is 174 Å². The molecule has 29 heavy (non-hydrogen) atoms. The third-order valence-corrected chi connectivity index (χ3v) is 5.55. The van der Waals surface area contributed by atoms with Gasteiger partial charge in [0.05, 0.1) is 4.92 Å². The molecule has 0 bridgehead atoms. The zero-order valence-electron chi connectivity index (χ0n) is 15.1. The van der Waals surface area contributed by atoms with Crippen LogP contribution < -0.4 is 5.32 Å². The summed E-state index contributed by atoms with van der Waals surface area (Å²) in [5.74, 6) is -3.39. The number of fused-ring (bicyclic) bond motifs is 1. The lowest BCUT2D eigenvalue weighted by atomic mass is 10.0. The Labute approximate surface area is 166 Å². The number of carboxylic acids is 1.